The largest absolute Gasteiger partial charge is 0.467 e. The van der Waals surface area contributed by atoms with Crippen molar-refractivity contribution in [2.75, 3.05) is 31.1 Å². The molecule has 0 aliphatic carbocycles. The van der Waals surface area contributed by atoms with E-state index in [-0.39, 0.29) is 11.8 Å². The lowest BCUT2D eigenvalue weighted by molar-refractivity contribution is -0.126. The standard InChI is InChI=1S/C26H33N5O2/c1-18(2)26-27-19(3)15-24(28-26)29-10-12-30(13-11-29)25(32)9-8-22-16-20(4)31(21(22)5)17-23-7-6-14-33-23/h6-9,14-16,18H,10-13,17H2,1-5H3/b9-8+. The third-order valence-electron chi connectivity index (χ3n) is 6.20. The normalized spacial score (nSPS) is 14.6. The molecule has 4 heterocycles. The summed E-state index contributed by atoms with van der Waals surface area (Å²) in [6, 6.07) is 8.02. The van der Waals surface area contributed by atoms with Crippen LogP contribution >= 0.6 is 0 Å². The van der Waals surface area contributed by atoms with Crippen LogP contribution in [0.5, 0.6) is 0 Å². The van der Waals surface area contributed by atoms with Crippen LogP contribution in [0.15, 0.2) is 41.0 Å². The number of rotatable bonds is 6. The summed E-state index contributed by atoms with van der Waals surface area (Å²) in [5.74, 6) is 3.08. The number of piperazine rings is 1. The lowest BCUT2D eigenvalue weighted by Crippen LogP contribution is -2.48. The molecule has 1 aliphatic heterocycles. The van der Waals surface area contributed by atoms with Gasteiger partial charge in [-0.1, -0.05) is 13.8 Å². The van der Waals surface area contributed by atoms with Gasteiger partial charge in [0.15, 0.2) is 0 Å². The summed E-state index contributed by atoms with van der Waals surface area (Å²) >= 11 is 0. The van der Waals surface area contributed by atoms with E-state index in [0.29, 0.717) is 19.6 Å². The van der Waals surface area contributed by atoms with E-state index in [1.54, 1.807) is 12.3 Å². The Balaban J connectivity index is 1.38. The summed E-state index contributed by atoms with van der Waals surface area (Å²) < 4.78 is 7.69. The van der Waals surface area contributed by atoms with E-state index in [9.17, 15) is 4.79 Å². The third kappa shape index (κ3) is 5.18. The molecule has 174 valence electrons. The highest BCUT2D eigenvalue weighted by Gasteiger charge is 2.22. The molecule has 0 N–H and O–H groups in total. The van der Waals surface area contributed by atoms with Crippen molar-refractivity contribution in [3.63, 3.8) is 0 Å². The predicted octanol–water partition coefficient (Wildman–Crippen LogP) is 4.33. The average molecular weight is 448 g/mol. The SMILES string of the molecule is Cc1cc(N2CCN(C(=O)/C=C/c3cc(C)n(Cc4ccco4)c3C)CC2)nc(C(C)C)n1. The minimum absolute atomic E-state index is 0.0484. The van der Waals surface area contributed by atoms with Crippen molar-refractivity contribution in [1.29, 1.82) is 0 Å². The summed E-state index contributed by atoms with van der Waals surface area (Å²) in [4.78, 5) is 26.3. The second-order valence-electron chi connectivity index (χ2n) is 9.02. The molecule has 33 heavy (non-hydrogen) atoms. The van der Waals surface area contributed by atoms with Crippen LogP contribution in [0.1, 0.15) is 54.0 Å². The van der Waals surface area contributed by atoms with Gasteiger partial charge in [0.25, 0.3) is 0 Å². The number of amides is 1. The van der Waals surface area contributed by atoms with E-state index < -0.39 is 0 Å². The van der Waals surface area contributed by atoms with Gasteiger partial charge < -0.3 is 18.8 Å². The fourth-order valence-electron chi connectivity index (χ4n) is 4.22. The number of carbonyl (C=O) groups excluding carboxylic acids is 1. The Morgan fingerprint density at radius 2 is 1.88 bits per heavy atom. The number of hydrogen-bond acceptors (Lipinski definition) is 5. The Hall–Kier alpha value is -3.35. The van der Waals surface area contributed by atoms with Crippen molar-refractivity contribution >= 4 is 17.8 Å². The lowest BCUT2D eigenvalue weighted by Gasteiger charge is -2.35. The Bertz CT molecular complexity index is 1140. The summed E-state index contributed by atoms with van der Waals surface area (Å²) in [6.07, 6.45) is 5.32. The van der Waals surface area contributed by atoms with Crippen molar-refractivity contribution in [1.82, 2.24) is 19.4 Å². The molecule has 0 aromatic carbocycles. The molecule has 0 unspecified atom stereocenters. The molecule has 7 nitrogen and oxygen atoms in total. The van der Waals surface area contributed by atoms with E-state index in [0.717, 1.165) is 53.1 Å². The minimum Gasteiger partial charge on any atom is -0.467 e. The molecular weight excluding hydrogens is 414 g/mol. The first kappa shape index (κ1) is 22.8. The Morgan fingerprint density at radius 3 is 2.55 bits per heavy atom. The van der Waals surface area contributed by atoms with Crippen LogP contribution in [-0.4, -0.2) is 51.5 Å². The predicted molar refractivity (Wildman–Crippen MR) is 130 cm³/mol. The van der Waals surface area contributed by atoms with Gasteiger partial charge in [-0.2, -0.15) is 0 Å². The van der Waals surface area contributed by atoms with Crippen LogP contribution in [0.4, 0.5) is 5.82 Å². The number of aryl methyl sites for hydroxylation is 2. The molecule has 1 fully saturated rings. The van der Waals surface area contributed by atoms with Gasteiger partial charge in [-0.05, 0) is 50.6 Å². The van der Waals surface area contributed by atoms with Crippen LogP contribution in [0, 0.1) is 20.8 Å². The average Bonchev–Trinajstić information content (AvgIpc) is 3.41. The maximum Gasteiger partial charge on any atom is 0.246 e. The molecule has 0 radical (unpaired) electrons. The second kappa shape index (κ2) is 9.65. The molecule has 7 heteroatoms. The zero-order valence-electron chi connectivity index (χ0n) is 20.2. The van der Waals surface area contributed by atoms with Crippen LogP contribution in [0.2, 0.25) is 0 Å². The molecule has 0 atom stereocenters. The molecule has 0 bridgehead atoms. The van der Waals surface area contributed by atoms with Crippen LogP contribution in [-0.2, 0) is 11.3 Å². The summed E-state index contributed by atoms with van der Waals surface area (Å²) in [5.41, 5.74) is 4.31. The monoisotopic (exact) mass is 447 g/mol. The maximum absolute atomic E-state index is 12.8. The van der Waals surface area contributed by atoms with E-state index in [2.05, 4.69) is 48.2 Å². The zero-order chi connectivity index (χ0) is 23.5. The molecule has 1 aliphatic rings. The van der Waals surface area contributed by atoms with Crippen molar-refractivity contribution in [3.8, 4) is 0 Å². The molecule has 4 rings (SSSR count). The highest BCUT2D eigenvalue weighted by Crippen LogP contribution is 2.20. The lowest BCUT2D eigenvalue weighted by atomic mass is 10.2. The van der Waals surface area contributed by atoms with Crippen molar-refractivity contribution in [2.24, 2.45) is 0 Å². The van der Waals surface area contributed by atoms with Gasteiger partial charge in [-0.25, -0.2) is 9.97 Å². The first-order valence-corrected chi connectivity index (χ1v) is 11.6. The molecule has 0 saturated carbocycles. The highest BCUT2D eigenvalue weighted by atomic mass is 16.3. The molecule has 1 saturated heterocycles. The first-order chi connectivity index (χ1) is 15.8. The Morgan fingerprint density at radius 1 is 1.12 bits per heavy atom. The van der Waals surface area contributed by atoms with Gasteiger partial charge in [-0.15, -0.1) is 0 Å². The number of anilines is 1. The second-order valence-corrected chi connectivity index (χ2v) is 9.02. The van der Waals surface area contributed by atoms with Gasteiger partial charge in [0.1, 0.15) is 17.4 Å². The maximum atomic E-state index is 12.8. The third-order valence-corrected chi connectivity index (χ3v) is 6.20. The molecule has 3 aromatic rings. The number of hydrogen-bond donors (Lipinski definition) is 0. The first-order valence-electron chi connectivity index (χ1n) is 11.6. The quantitative estimate of drug-likeness (QED) is 0.526. The van der Waals surface area contributed by atoms with Gasteiger partial charge in [0.05, 0.1) is 12.8 Å². The highest BCUT2D eigenvalue weighted by molar-refractivity contribution is 5.92. The van der Waals surface area contributed by atoms with Gasteiger partial charge in [0, 0.05) is 61.3 Å². The van der Waals surface area contributed by atoms with E-state index in [1.807, 2.05) is 36.1 Å². The summed E-state index contributed by atoms with van der Waals surface area (Å²) in [7, 11) is 0. The minimum atomic E-state index is 0.0484. The summed E-state index contributed by atoms with van der Waals surface area (Å²) in [5, 5.41) is 0. The van der Waals surface area contributed by atoms with Crippen LogP contribution < -0.4 is 4.90 Å². The van der Waals surface area contributed by atoms with Crippen LogP contribution in [0.3, 0.4) is 0 Å². The van der Waals surface area contributed by atoms with Crippen molar-refractivity contribution < 1.29 is 9.21 Å². The topological polar surface area (TPSA) is 67.4 Å². The smallest absolute Gasteiger partial charge is 0.246 e. The number of aromatic nitrogens is 3. The Labute approximate surface area is 195 Å². The molecular formula is C26H33N5O2. The fourth-order valence-corrected chi connectivity index (χ4v) is 4.22. The van der Waals surface area contributed by atoms with E-state index in [4.69, 9.17) is 9.40 Å². The van der Waals surface area contributed by atoms with E-state index in [1.165, 1.54) is 0 Å². The van der Waals surface area contributed by atoms with Crippen molar-refractivity contribution in [3.05, 3.63) is 70.8 Å². The zero-order valence-corrected chi connectivity index (χ0v) is 20.2. The van der Waals surface area contributed by atoms with Gasteiger partial charge in [0.2, 0.25) is 5.91 Å². The van der Waals surface area contributed by atoms with Crippen molar-refractivity contribution in [2.45, 2.75) is 47.1 Å². The van der Waals surface area contributed by atoms with E-state index >= 15 is 0 Å². The van der Waals surface area contributed by atoms with Crippen LogP contribution in [0.25, 0.3) is 6.08 Å². The summed E-state index contributed by atoms with van der Waals surface area (Å²) in [6.45, 7) is 14.0. The fraction of sp³-hybridized carbons (Fsp3) is 0.423. The van der Waals surface area contributed by atoms with Gasteiger partial charge >= 0.3 is 0 Å². The number of carbonyl (C=O) groups is 1. The molecule has 3 aromatic heterocycles. The number of nitrogens with zero attached hydrogens (tertiary/aromatic N) is 5. The Kier molecular flexibility index (Phi) is 6.67. The molecule has 0 spiro atoms. The van der Waals surface area contributed by atoms with Gasteiger partial charge in [-0.3, -0.25) is 4.79 Å². The molecule has 1 amide bonds. The number of furan rings is 1.